The number of amidine groups is 1. The predicted octanol–water partition coefficient (Wildman–Crippen LogP) is 2.78. The molecule has 4 heteroatoms. The van der Waals surface area contributed by atoms with Crippen LogP contribution in [0.5, 0.6) is 0 Å². The minimum absolute atomic E-state index is 0.0282. The van der Waals surface area contributed by atoms with Gasteiger partial charge < -0.3 is 5.32 Å². The van der Waals surface area contributed by atoms with E-state index >= 15 is 0 Å². The molecule has 18 heavy (non-hydrogen) atoms. The minimum Gasteiger partial charge on any atom is -0.362 e. The number of nitrogens with zero attached hydrogens (tertiary/aromatic N) is 2. The topological polar surface area (TPSA) is 36.8 Å². The van der Waals surface area contributed by atoms with Gasteiger partial charge in [0.2, 0.25) is 0 Å². The third-order valence-electron chi connectivity index (χ3n) is 2.26. The van der Waals surface area contributed by atoms with Crippen LogP contribution in [0.3, 0.4) is 0 Å². The van der Waals surface area contributed by atoms with E-state index in [0.717, 1.165) is 0 Å². The molecule has 1 atom stereocenters. The van der Waals surface area contributed by atoms with Crippen molar-refractivity contribution in [3.8, 4) is 0 Å². The van der Waals surface area contributed by atoms with Crippen LogP contribution < -0.4 is 5.32 Å². The van der Waals surface area contributed by atoms with Crippen LogP contribution in [-0.4, -0.2) is 25.1 Å². The fourth-order valence-electron chi connectivity index (χ4n) is 1.43. The summed E-state index contributed by atoms with van der Waals surface area (Å²) in [5.74, 6) is 0.232. The molecule has 0 aromatic heterocycles. The lowest BCUT2D eigenvalue weighted by molar-refractivity contribution is 0.623. The second-order valence-corrected chi connectivity index (χ2v) is 3.77. The van der Waals surface area contributed by atoms with Crippen molar-refractivity contribution in [3.05, 3.63) is 47.9 Å². The van der Waals surface area contributed by atoms with E-state index in [1.54, 1.807) is 37.7 Å². The monoisotopic (exact) mass is 247 g/mol. The maximum absolute atomic E-state index is 13.6. The summed E-state index contributed by atoms with van der Waals surface area (Å²) in [6.07, 6.45) is 5.28. The lowest BCUT2D eigenvalue weighted by Crippen LogP contribution is -2.34. The van der Waals surface area contributed by atoms with E-state index in [1.165, 1.54) is 6.07 Å². The molecule has 0 spiro atoms. The molecule has 0 saturated carbocycles. The van der Waals surface area contributed by atoms with Crippen molar-refractivity contribution in [2.24, 2.45) is 9.98 Å². The summed E-state index contributed by atoms with van der Waals surface area (Å²) in [5.41, 5.74) is 0.464. The van der Waals surface area contributed by atoms with Gasteiger partial charge in [-0.05, 0) is 26.0 Å². The van der Waals surface area contributed by atoms with Gasteiger partial charge in [-0.3, -0.25) is 9.98 Å². The Balaban J connectivity index is 2.78. The second-order valence-electron chi connectivity index (χ2n) is 3.77. The fourth-order valence-corrected chi connectivity index (χ4v) is 1.43. The summed E-state index contributed by atoms with van der Waals surface area (Å²) < 4.78 is 13.6. The number of hydrogen-bond acceptors (Lipinski definition) is 2. The van der Waals surface area contributed by atoms with Crippen LogP contribution in [0.1, 0.15) is 19.4 Å². The Morgan fingerprint density at radius 1 is 1.39 bits per heavy atom. The van der Waals surface area contributed by atoms with Gasteiger partial charge in [0, 0.05) is 19.5 Å². The molecular weight excluding hydrogens is 229 g/mol. The van der Waals surface area contributed by atoms with Crippen molar-refractivity contribution in [3.63, 3.8) is 0 Å². The van der Waals surface area contributed by atoms with Crippen molar-refractivity contribution in [2.45, 2.75) is 19.9 Å². The molecule has 1 unspecified atom stereocenters. The van der Waals surface area contributed by atoms with Gasteiger partial charge in [0.15, 0.2) is 0 Å². The molecule has 1 N–H and O–H groups in total. The molecule has 0 amide bonds. The zero-order valence-corrected chi connectivity index (χ0v) is 10.9. The number of aliphatic imine (C=N–C) groups is 2. The maximum atomic E-state index is 13.6. The highest BCUT2D eigenvalue weighted by atomic mass is 19.1. The standard InChI is InChI=1S/C14H18FN3/c1-4-9-17-10-11(2)18-14(16-3)12-7-5-6-8-13(12)15/h4-11H,1-3H3,(H,16,18)/b9-4-,17-10?. The van der Waals surface area contributed by atoms with Gasteiger partial charge in [0.05, 0.1) is 11.6 Å². The molecule has 1 aromatic rings. The number of allylic oxidation sites excluding steroid dienone is 1. The molecule has 96 valence electrons. The number of hydrogen-bond donors (Lipinski definition) is 1. The summed E-state index contributed by atoms with van der Waals surface area (Å²) in [6.45, 7) is 3.83. The molecule has 0 bridgehead atoms. The van der Waals surface area contributed by atoms with Crippen molar-refractivity contribution in [1.29, 1.82) is 0 Å². The van der Waals surface area contributed by atoms with Crippen LogP contribution in [0.4, 0.5) is 4.39 Å². The van der Waals surface area contributed by atoms with Crippen molar-refractivity contribution < 1.29 is 4.39 Å². The summed E-state index contributed by atoms with van der Waals surface area (Å²) in [7, 11) is 1.63. The number of rotatable bonds is 4. The Hall–Kier alpha value is -1.97. The Morgan fingerprint density at radius 3 is 2.72 bits per heavy atom. The Kier molecular flexibility index (Phi) is 5.77. The van der Waals surface area contributed by atoms with Gasteiger partial charge in [-0.2, -0.15) is 0 Å². The van der Waals surface area contributed by atoms with E-state index in [9.17, 15) is 4.39 Å². The van der Waals surface area contributed by atoms with E-state index in [-0.39, 0.29) is 11.9 Å². The first-order chi connectivity index (χ1) is 8.69. The second kappa shape index (κ2) is 7.37. The Bertz CT molecular complexity index is 464. The third-order valence-corrected chi connectivity index (χ3v) is 2.26. The normalized spacial score (nSPS) is 14.3. The van der Waals surface area contributed by atoms with Crippen molar-refractivity contribution in [1.82, 2.24) is 5.32 Å². The first-order valence-corrected chi connectivity index (χ1v) is 5.81. The summed E-state index contributed by atoms with van der Waals surface area (Å²) in [5, 5.41) is 3.11. The summed E-state index contributed by atoms with van der Waals surface area (Å²) in [4.78, 5) is 8.15. The van der Waals surface area contributed by atoms with Crippen LogP contribution in [-0.2, 0) is 0 Å². The zero-order chi connectivity index (χ0) is 13.4. The molecule has 0 fully saturated rings. The van der Waals surface area contributed by atoms with Gasteiger partial charge in [-0.1, -0.05) is 18.2 Å². The van der Waals surface area contributed by atoms with Gasteiger partial charge in [0.25, 0.3) is 0 Å². The first-order valence-electron chi connectivity index (χ1n) is 5.81. The third kappa shape index (κ3) is 4.13. The SMILES string of the molecule is C/C=C\N=CC(C)NC(=NC)c1ccccc1F. The molecule has 0 radical (unpaired) electrons. The molecule has 0 heterocycles. The quantitative estimate of drug-likeness (QED) is 0.644. The largest absolute Gasteiger partial charge is 0.362 e. The lowest BCUT2D eigenvalue weighted by atomic mass is 10.2. The predicted molar refractivity (Wildman–Crippen MR) is 74.8 cm³/mol. The van der Waals surface area contributed by atoms with E-state index in [4.69, 9.17) is 0 Å². The number of nitrogens with one attached hydrogen (secondary N) is 1. The highest BCUT2D eigenvalue weighted by molar-refractivity contribution is 6.00. The Labute approximate surface area is 107 Å². The van der Waals surface area contributed by atoms with E-state index in [0.29, 0.717) is 11.4 Å². The summed E-state index contributed by atoms with van der Waals surface area (Å²) >= 11 is 0. The van der Waals surface area contributed by atoms with Crippen LogP contribution in [0, 0.1) is 5.82 Å². The van der Waals surface area contributed by atoms with Gasteiger partial charge in [0.1, 0.15) is 11.7 Å². The van der Waals surface area contributed by atoms with Crippen LogP contribution in [0.25, 0.3) is 0 Å². The van der Waals surface area contributed by atoms with Gasteiger partial charge in [-0.15, -0.1) is 0 Å². The van der Waals surface area contributed by atoms with E-state index in [1.807, 2.05) is 19.9 Å². The molecule has 0 saturated heterocycles. The smallest absolute Gasteiger partial charge is 0.134 e. The van der Waals surface area contributed by atoms with Crippen LogP contribution in [0.15, 0.2) is 46.5 Å². The van der Waals surface area contributed by atoms with Gasteiger partial charge in [-0.25, -0.2) is 4.39 Å². The minimum atomic E-state index is -0.289. The van der Waals surface area contributed by atoms with E-state index < -0.39 is 0 Å². The number of benzene rings is 1. The molecule has 1 rings (SSSR count). The molecule has 3 nitrogen and oxygen atoms in total. The molecule has 1 aromatic carbocycles. The van der Waals surface area contributed by atoms with Crippen molar-refractivity contribution >= 4 is 12.1 Å². The maximum Gasteiger partial charge on any atom is 0.134 e. The zero-order valence-electron chi connectivity index (χ0n) is 10.9. The Morgan fingerprint density at radius 2 is 2.11 bits per heavy atom. The highest BCUT2D eigenvalue weighted by Crippen LogP contribution is 2.06. The molecule has 0 aliphatic carbocycles. The number of halogens is 1. The molecular formula is C14H18FN3. The first kappa shape index (κ1) is 14.1. The lowest BCUT2D eigenvalue weighted by Gasteiger charge is -2.13. The van der Waals surface area contributed by atoms with Crippen molar-refractivity contribution in [2.75, 3.05) is 7.05 Å². The molecule has 0 aliphatic rings. The average Bonchev–Trinajstić information content (AvgIpc) is 2.37. The fraction of sp³-hybridized carbons (Fsp3) is 0.286. The van der Waals surface area contributed by atoms with Crippen LogP contribution >= 0.6 is 0 Å². The van der Waals surface area contributed by atoms with Gasteiger partial charge >= 0.3 is 0 Å². The summed E-state index contributed by atoms with van der Waals surface area (Å²) in [6, 6.07) is 6.52. The highest BCUT2D eigenvalue weighted by Gasteiger charge is 2.09. The average molecular weight is 247 g/mol. The van der Waals surface area contributed by atoms with E-state index in [2.05, 4.69) is 15.3 Å². The molecule has 0 aliphatic heterocycles. The van der Waals surface area contributed by atoms with Crippen LogP contribution in [0.2, 0.25) is 0 Å².